The summed E-state index contributed by atoms with van der Waals surface area (Å²) in [5.41, 5.74) is 1.37. The van der Waals surface area contributed by atoms with Crippen molar-refractivity contribution in [2.45, 2.75) is 6.42 Å². The first-order valence-corrected chi connectivity index (χ1v) is 10.9. The van der Waals surface area contributed by atoms with Gasteiger partial charge < -0.3 is 9.64 Å². The van der Waals surface area contributed by atoms with Crippen LogP contribution in [0.25, 0.3) is 10.1 Å². The molecule has 27 heavy (non-hydrogen) atoms. The van der Waals surface area contributed by atoms with Crippen LogP contribution in [0.15, 0.2) is 52.3 Å². The fourth-order valence-electron chi connectivity index (χ4n) is 3.50. The lowest BCUT2D eigenvalue weighted by Crippen LogP contribution is -2.46. The molecule has 0 radical (unpaired) electrons. The zero-order valence-corrected chi connectivity index (χ0v) is 17.4. The van der Waals surface area contributed by atoms with Gasteiger partial charge in [0.1, 0.15) is 11.6 Å². The highest BCUT2D eigenvalue weighted by molar-refractivity contribution is 9.10. The maximum absolute atomic E-state index is 13.1. The van der Waals surface area contributed by atoms with Crippen molar-refractivity contribution in [2.24, 2.45) is 0 Å². The Kier molecular flexibility index (Phi) is 5.95. The average Bonchev–Trinajstić information content (AvgIpc) is 3.16. The van der Waals surface area contributed by atoms with Crippen LogP contribution in [0.3, 0.4) is 0 Å². The van der Waals surface area contributed by atoms with Crippen LogP contribution < -0.4 is 9.64 Å². The van der Waals surface area contributed by atoms with Crippen molar-refractivity contribution in [3.8, 4) is 5.75 Å². The van der Waals surface area contributed by atoms with E-state index in [1.165, 1.54) is 27.9 Å². The highest BCUT2D eigenvalue weighted by Gasteiger charge is 2.18. The van der Waals surface area contributed by atoms with Crippen LogP contribution in [-0.4, -0.2) is 44.2 Å². The van der Waals surface area contributed by atoms with Crippen molar-refractivity contribution in [3.05, 3.63) is 58.1 Å². The summed E-state index contributed by atoms with van der Waals surface area (Å²) in [7, 11) is 0. The van der Waals surface area contributed by atoms with Crippen molar-refractivity contribution < 1.29 is 9.13 Å². The number of nitrogens with zero attached hydrogens (tertiary/aromatic N) is 2. The number of ether oxygens (including phenoxy) is 1. The molecular weight excluding hydrogens is 427 g/mol. The summed E-state index contributed by atoms with van der Waals surface area (Å²) in [5, 5.41) is 3.51. The summed E-state index contributed by atoms with van der Waals surface area (Å²) in [6, 6.07) is 13.3. The highest BCUT2D eigenvalue weighted by Crippen LogP contribution is 2.32. The number of piperazine rings is 1. The Morgan fingerprint density at radius 1 is 1.07 bits per heavy atom. The highest BCUT2D eigenvalue weighted by atomic mass is 79.9. The van der Waals surface area contributed by atoms with E-state index in [-0.39, 0.29) is 5.82 Å². The maximum Gasteiger partial charge on any atom is 0.133 e. The van der Waals surface area contributed by atoms with E-state index in [9.17, 15) is 4.39 Å². The minimum atomic E-state index is -0.259. The molecule has 0 aliphatic carbocycles. The van der Waals surface area contributed by atoms with Gasteiger partial charge in [0.15, 0.2) is 0 Å². The number of thiophene rings is 1. The monoisotopic (exact) mass is 448 g/mol. The molecule has 0 spiro atoms. The molecule has 0 bridgehead atoms. The second kappa shape index (κ2) is 8.59. The number of rotatable bonds is 6. The molecule has 2 aromatic carbocycles. The number of hydrogen-bond donors (Lipinski definition) is 0. The SMILES string of the molecule is Fc1ccc(OCCCN2CCN(c3cccc4ccsc34)CC2)c(Br)c1. The van der Waals surface area contributed by atoms with Crippen LogP contribution in [0.1, 0.15) is 6.42 Å². The minimum absolute atomic E-state index is 0.259. The molecule has 3 nitrogen and oxygen atoms in total. The number of fused-ring (bicyclic) bond motifs is 1. The van der Waals surface area contributed by atoms with Gasteiger partial charge in [-0.1, -0.05) is 12.1 Å². The normalized spacial score (nSPS) is 15.4. The van der Waals surface area contributed by atoms with Crippen LogP contribution in [0.2, 0.25) is 0 Å². The molecule has 4 rings (SSSR count). The molecule has 0 amide bonds. The zero-order valence-electron chi connectivity index (χ0n) is 15.0. The molecule has 0 atom stereocenters. The molecule has 0 unspecified atom stereocenters. The largest absolute Gasteiger partial charge is 0.492 e. The third kappa shape index (κ3) is 4.45. The summed E-state index contributed by atoms with van der Waals surface area (Å²) >= 11 is 5.16. The lowest BCUT2D eigenvalue weighted by molar-refractivity contribution is 0.224. The second-order valence-electron chi connectivity index (χ2n) is 6.72. The Morgan fingerprint density at radius 2 is 1.93 bits per heavy atom. The van der Waals surface area contributed by atoms with Gasteiger partial charge >= 0.3 is 0 Å². The molecule has 1 aliphatic rings. The molecule has 1 fully saturated rings. The van der Waals surface area contributed by atoms with Crippen molar-refractivity contribution in [1.29, 1.82) is 0 Å². The Bertz CT molecular complexity index is 908. The first-order valence-electron chi connectivity index (χ1n) is 9.22. The maximum atomic E-state index is 13.1. The van der Waals surface area contributed by atoms with E-state index in [2.05, 4.69) is 55.4 Å². The van der Waals surface area contributed by atoms with E-state index >= 15 is 0 Å². The van der Waals surface area contributed by atoms with Gasteiger partial charge in [0, 0.05) is 32.7 Å². The van der Waals surface area contributed by atoms with E-state index < -0.39 is 0 Å². The molecule has 0 N–H and O–H groups in total. The van der Waals surface area contributed by atoms with Crippen LogP contribution in [0, 0.1) is 5.82 Å². The van der Waals surface area contributed by atoms with Gasteiger partial charge in [-0.05, 0) is 63.4 Å². The lowest BCUT2D eigenvalue weighted by atomic mass is 10.2. The predicted molar refractivity (Wildman–Crippen MR) is 115 cm³/mol. The summed E-state index contributed by atoms with van der Waals surface area (Å²) in [4.78, 5) is 5.00. The summed E-state index contributed by atoms with van der Waals surface area (Å²) in [6.07, 6.45) is 0.963. The first kappa shape index (κ1) is 18.7. The van der Waals surface area contributed by atoms with Crippen LogP contribution >= 0.6 is 27.3 Å². The molecule has 6 heteroatoms. The smallest absolute Gasteiger partial charge is 0.133 e. The van der Waals surface area contributed by atoms with Crippen molar-refractivity contribution in [1.82, 2.24) is 4.90 Å². The van der Waals surface area contributed by atoms with Gasteiger partial charge in [-0.3, -0.25) is 4.90 Å². The molecular formula is C21H22BrFN2OS. The number of halogens is 2. The van der Waals surface area contributed by atoms with E-state index in [0.717, 1.165) is 39.1 Å². The molecule has 0 saturated carbocycles. The van der Waals surface area contributed by atoms with Gasteiger partial charge in [0.05, 0.1) is 21.5 Å². The number of hydrogen-bond acceptors (Lipinski definition) is 4. The quantitative estimate of drug-likeness (QED) is 0.469. The van der Waals surface area contributed by atoms with Gasteiger partial charge in [0.25, 0.3) is 0 Å². The van der Waals surface area contributed by atoms with Crippen molar-refractivity contribution in [3.63, 3.8) is 0 Å². The van der Waals surface area contributed by atoms with E-state index in [1.807, 2.05) is 11.3 Å². The molecule has 1 saturated heterocycles. The predicted octanol–water partition coefficient (Wildman–Crippen LogP) is 5.39. The summed E-state index contributed by atoms with van der Waals surface area (Å²) in [6.45, 7) is 5.92. The summed E-state index contributed by atoms with van der Waals surface area (Å²) in [5.74, 6) is 0.440. The Hall–Kier alpha value is -1.63. The van der Waals surface area contributed by atoms with E-state index in [0.29, 0.717) is 16.8 Å². The summed E-state index contributed by atoms with van der Waals surface area (Å²) < 4.78 is 20.9. The van der Waals surface area contributed by atoms with E-state index in [4.69, 9.17) is 4.74 Å². The fraction of sp³-hybridized carbons (Fsp3) is 0.333. The second-order valence-corrected chi connectivity index (χ2v) is 8.49. The van der Waals surface area contributed by atoms with Crippen LogP contribution in [0.5, 0.6) is 5.75 Å². The third-order valence-electron chi connectivity index (χ3n) is 4.94. The van der Waals surface area contributed by atoms with Gasteiger partial charge in [-0.2, -0.15) is 0 Å². The van der Waals surface area contributed by atoms with Crippen LogP contribution in [-0.2, 0) is 0 Å². The Labute approximate surface area is 171 Å². The molecule has 1 aromatic heterocycles. The van der Waals surface area contributed by atoms with E-state index in [1.54, 1.807) is 6.07 Å². The lowest BCUT2D eigenvalue weighted by Gasteiger charge is -2.36. The third-order valence-corrected chi connectivity index (χ3v) is 6.51. The van der Waals surface area contributed by atoms with Crippen molar-refractivity contribution in [2.75, 3.05) is 44.2 Å². The first-order chi connectivity index (χ1) is 13.2. The Morgan fingerprint density at radius 3 is 2.74 bits per heavy atom. The molecule has 142 valence electrons. The molecule has 2 heterocycles. The van der Waals surface area contributed by atoms with Gasteiger partial charge in [-0.25, -0.2) is 4.39 Å². The topological polar surface area (TPSA) is 15.7 Å². The minimum Gasteiger partial charge on any atom is -0.492 e. The molecule has 3 aromatic rings. The zero-order chi connectivity index (χ0) is 18.6. The van der Waals surface area contributed by atoms with Gasteiger partial charge in [0.2, 0.25) is 0 Å². The standard InChI is InChI=1S/C21H22BrFN2OS/c22-18-15-17(23)5-6-20(18)26-13-2-8-24-9-11-25(12-10-24)19-4-1-3-16-7-14-27-21(16)19/h1,3-7,14-15H,2,8-13H2. The van der Waals surface area contributed by atoms with Crippen LogP contribution in [0.4, 0.5) is 10.1 Å². The number of benzene rings is 2. The number of anilines is 1. The Balaban J connectivity index is 1.23. The van der Waals surface area contributed by atoms with Crippen molar-refractivity contribution >= 4 is 43.0 Å². The van der Waals surface area contributed by atoms with Gasteiger partial charge in [-0.15, -0.1) is 11.3 Å². The fourth-order valence-corrected chi connectivity index (χ4v) is 4.91. The average molecular weight is 449 g/mol. The molecule has 1 aliphatic heterocycles.